The van der Waals surface area contributed by atoms with Crippen molar-refractivity contribution < 1.29 is 13.9 Å². The van der Waals surface area contributed by atoms with Crippen molar-refractivity contribution in [2.45, 2.75) is 27.7 Å². The quantitative estimate of drug-likeness (QED) is 0.599. The summed E-state index contributed by atoms with van der Waals surface area (Å²) < 4.78 is 19.0. The first-order chi connectivity index (χ1) is 8.38. The van der Waals surface area contributed by atoms with E-state index in [0.717, 1.165) is 0 Å². The van der Waals surface area contributed by atoms with Gasteiger partial charge in [0.25, 0.3) is 0 Å². The van der Waals surface area contributed by atoms with Gasteiger partial charge in [-0.25, -0.2) is 4.79 Å². The Morgan fingerprint density at radius 2 is 1.78 bits per heavy atom. The van der Waals surface area contributed by atoms with Crippen molar-refractivity contribution in [2.24, 2.45) is 5.41 Å². The largest absolute Gasteiger partial charge is 0.461 e. The average Bonchev–Trinajstić information content (AvgIpc) is 2.29. The van der Waals surface area contributed by atoms with E-state index in [1.54, 1.807) is 19.1 Å². The van der Waals surface area contributed by atoms with Crippen LogP contribution >= 0.6 is 0 Å². The summed E-state index contributed by atoms with van der Waals surface area (Å²) in [4.78, 5) is 11.5. The normalized spacial score (nSPS) is 12.9. The van der Waals surface area contributed by atoms with E-state index < -0.39 is 17.2 Å². The molecule has 98 valence electrons. The zero-order valence-corrected chi connectivity index (χ0v) is 11.3. The molecule has 3 heteroatoms. The molecule has 0 spiro atoms. The van der Waals surface area contributed by atoms with Crippen molar-refractivity contribution in [2.75, 3.05) is 6.61 Å². The van der Waals surface area contributed by atoms with Crippen LogP contribution in [0.5, 0.6) is 0 Å². The van der Waals surface area contributed by atoms with Crippen molar-refractivity contribution in [1.82, 2.24) is 0 Å². The van der Waals surface area contributed by atoms with Crippen LogP contribution in [-0.2, 0) is 9.53 Å². The predicted octanol–water partition coefficient (Wildman–Crippen LogP) is 3.98. The fourth-order valence-electron chi connectivity index (χ4n) is 1.79. The molecule has 0 radical (unpaired) electrons. The van der Waals surface area contributed by atoms with Gasteiger partial charge in [-0.1, -0.05) is 51.1 Å². The first-order valence-electron chi connectivity index (χ1n) is 6.00. The summed E-state index contributed by atoms with van der Waals surface area (Å²) >= 11 is 0. The van der Waals surface area contributed by atoms with Gasteiger partial charge in [0, 0.05) is 5.57 Å². The van der Waals surface area contributed by atoms with Gasteiger partial charge in [-0.15, -0.1) is 0 Å². The van der Waals surface area contributed by atoms with E-state index in [9.17, 15) is 9.18 Å². The van der Waals surface area contributed by atoms with Crippen LogP contribution in [0.15, 0.2) is 36.2 Å². The highest BCUT2D eigenvalue weighted by Gasteiger charge is 2.27. The van der Waals surface area contributed by atoms with Crippen molar-refractivity contribution in [3.05, 3.63) is 41.7 Å². The number of ether oxygens (including phenoxy) is 1. The van der Waals surface area contributed by atoms with E-state index in [1.807, 2.05) is 39.0 Å². The molecule has 1 rings (SSSR count). The third-order valence-corrected chi connectivity index (χ3v) is 2.49. The van der Waals surface area contributed by atoms with Crippen molar-refractivity contribution in [3.8, 4) is 0 Å². The number of esters is 1. The molecule has 0 N–H and O–H groups in total. The number of carbonyl (C=O) groups is 1. The molecule has 1 aromatic carbocycles. The fourth-order valence-corrected chi connectivity index (χ4v) is 1.79. The number of benzene rings is 1. The van der Waals surface area contributed by atoms with Crippen LogP contribution in [0.1, 0.15) is 33.3 Å². The molecule has 0 aliphatic carbocycles. The third-order valence-electron chi connectivity index (χ3n) is 2.49. The summed E-state index contributed by atoms with van der Waals surface area (Å²) in [6.07, 6.45) is 0. The first-order valence-corrected chi connectivity index (χ1v) is 6.00. The Balaban J connectivity index is 3.31. The number of carbonyl (C=O) groups excluding carboxylic acids is 1. The van der Waals surface area contributed by atoms with Crippen LogP contribution in [0.25, 0.3) is 5.57 Å². The molecule has 2 nitrogen and oxygen atoms in total. The highest BCUT2D eigenvalue weighted by molar-refractivity contribution is 5.96. The monoisotopic (exact) mass is 250 g/mol. The molecule has 0 bridgehead atoms. The molecule has 0 heterocycles. The summed E-state index contributed by atoms with van der Waals surface area (Å²) in [6.45, 7) is 7.43. The molecule has 0 aliphatic heterocycles. The average molecular weight is 250 g/mol. The SMILES string of the molecule is CCOC(=O)/C(F)=C(/c1ccccc1)C(C)(C)C. The molecule has 1 aromatic rings. The number of allylic oxidation sites excluding steroid dienone is 1. The summed E-state index contributed by atoms with van der Waals surface area (Å²) in [6, 6.07) is 9.07. The first kappa shape index (κ1) is 14.4. The topological polar surface area (TPSA) is 26.3 Å². The van der Waals surface area contributed by atoms with Crippen LogP contribution in [-0.4, -0.2) is 12.6 Å². The van der Waals surface area contributed by atoms with Gasteiger partial charge in [0.05, 0.1) is 6.61 Å². The van der Waals surface area contributed by atoms with E-state index in [2.05, 4.69) is 0 Å². The Hall–Kier alpha value is -1.64. The zero-order chi connectivity index (χ0) is 13.8. The van der Waals surface area contributed by atoms with Gasteiger partial charge in [0.2, 0.25) is 5.83 Å². The molecule has 0 fully saturated rings. The van der Waals surface area contributed by atoms with Crippen molar-refractivity contribution >= 4 is 11.5 Å². The number of hydrogen-bond acceptors (Lipinski definition) is 2. The second kappa shape index (κ2) is 5.80. The number of halogens is 1. The van der Waals surface area contributed by atoms with E-state index in [4.69, 9.17) is 4.74 Å². The lowest BCUT2D eigenvalue weighted by Gasteiger charge is -2.23. The maximum atomic E-state index is 14.2. The van der Waals surface area contributed by atoms with Gasteiger partial charge >= 0.3 is 5.97 Å². The smallest absolute Gasteiger partial charge is 0.367 e. The van der Waals surface area contributed by atoms with Gasteiger partial charge in [-0.05, 0) is 17.9 Å². The van der Waals surface area contributed by atoms with Gasteiger partial charge in [-0.2, -0.15) is 4.39 Å². The minimum absolute atomic E-state index is 0.165. The molecule has 0 unspecified atom stereocenters. The molecule has 0 saturated heterocycles. The summed E-state index contributed by atoms with van der Waals surface area (Å²) in [5.74, 6) is -1.71. The Labute approximate surface area is 107 Å². The third kappa shape index (κ3) is 3.42. The lowest BCUT2D eigenvalue weighted by molar-refractivity contribution is -0.140. The molecular formula is C15H19FO2. The Morgan fingerprint density at radius 1 is 1.22 bits per heavy atom. The van der Waals surface area contributed by atoms with Crippen LogP contribution in [0, 0.1) is 5.41 Å². The zero-order valence-electron chi connectivity index (χ0n) is 11.3. The molecular weight excluding hydrogens is 231 g/mol. The van der Waals surface area contributed by atoms with Gasteiger partial charge < -0.3 is 4.74 Å². The summed E-state index contributed by atoms with van der Waals surface area (Å²) in [5, 5.41) is 0. The van der Waals surface area contributed by atoms with Crippen LogP contribution in [0.2, 0.25) is 0 Å². The van der Waals surface area contributed by atoms with E-state index in [0.29, 0.717) is 11.1 Å². The van der Waals surface area contributed by atoms with Gasteiger partial charge in [0.1, 0.15) is 0 Å². The van der Waals surface area contributed by atoms with E-state index >= 15 is 0 Å². The maximum Gasteiger partial charge on any atom is 0.367 e. The second-order valence-electron chi connectivity index (χ2n) is 5.03. The van der Waals surface area contributed by atoms with Crippen LogP contribution in [0.4, 0.5) is 4.39 Å². The fraction of sp³-hybridized carbons (Fsp3) is 0.400. The predicted molar refractivity (Wildman–Crippen MR) is 70.6 cm³/mol. The van der Waals surface area contributed by atoms with Gasteiger partial charge in [-0.3, -0.25) is 0 Å². The van der Waals surface area contributed by atoms with Gasteiger partial charge in [0.15, 0.2) is 0 Å². The molecule has 0 aliphatic rings. The summed E-state index contributed by atoms with van der Waals surface area (Å²) in [7, 11) is 0. The second-order valence-corrected chi connectivity index (χ2v) is 5.03. The minimum Gasteiger partial charge on any atom is -0.461 e. The lowest BCUT2D eigenvalue weighted by Crippen LogP contribution is -2.15. The van der Waals surface area contributed by atoms with E-state index in [-0.39, 0.29) is 6.61 Å². The highest BCUT2D eigenvalue weighted by Crippen LogP contribution is 2.37. The summed E-state index contributed by atoms with van der Waals surface area (Å²) in [5.41, 5.74) is 0.607. The molecule has 18 heavy (non-hydrogen) atoms. The molecule has 0 atom stereocenters. The maximum absolute atomic E-state index is 14.2. The van der Waals surface area contributed by atoms with Crippen molar-refractivity contribution in [3.63, 3.8) is 0 Å². The molecule has 0 amide bonds. The van der Waals surface area contributed by atoms with Crippen LogP contribution < -0.4 is 0 Å². The number of rotatable bonds is 3. The Bertz CT molecular complexity index is 441. The minimum atomic E-state index is -0.897. The lowest BCUT2D eigenvalue weighted by atomic mass is 9.81. The Morgan fingerprint density at radius 3 is 2.22 bits per heavy atom. The van der Waals surface area contributed by atoms with Crippen LogP contribution in [0.3, 0.4) is 0 Å². The highest BCUT2D eigenvalue weighted by atomic mass is 19.1. The number of hydrogen-bond donors (Lipinski definition) is 0. The standard InChI is InChI=1S/C15H19FO2/c1-5-18-14(17)13(16)12(15(2,3)4)11-9-7-6-8-10-11/h6-10H,5H2,1-4H3/b13-12+. The van der Waals surface area contributed by atoms with Crippen molar-refractivity contribution in [1.29, 1.82) is 0 Å². The molecule has 0 saturated carbocycles. The Kier molecular flexibility index (Phi) is 4.65. The van der Waals surface area contributed by atoms with E-state index in [1.165, 1.54) is 0 Å². The molecule has 0 aromatic heterocycles.